The van der Waals surface area contributed by atoms with E-state index >= 15 is 0 Å². The highest BCUT2D eigenvalue weighted by molar-refractivity contribution is 5.70. The number of carboxylic acids is 1. The fourth-order valence-electron chi connectivity index (χ4n) is 2.62. The van der Waals surface area contributed by atoms with Crippen molar-refractivity contribution >= 4 is 5.97 Å². The second kappa shape index (κ2) is 6.06. The lowest BCUT2D eigenvalue weighted by atomic mass is 10.1. The van der Waals surface area contributed by atoms with Crippen LogP contribution in [0.5, 0.6) is 5.75 Å². The molecule has 0 aromatic heterocycles. The van der Waals surface area contributed by atoms with Gasteiger partial charge < -0.3 is 9.84 Å². The third kappa shape index (κ3) is 3.47. The normalized spacial score (nSPS) is 21.3. The fraction of sp³-hybridized carbons (Fsp3) is 0.533. The van der Waals surface area contributed by atoms with E-state index < -0.39 is 5.97 Å². The molecule has 4 nitrogen and oxygen atoms in total. The Balaban J connectivity index is 1.90. The zero-order chi connectivity index (χ0) is 13.8. The minimum absolute atomic E-state index is 0.196. The molecular weight excluding hydrogens is 242 g/mol. The summed E-state index contributed by atoms with van der Waals surface area (Å²) < 4.78 is 5.14. The Labute approximate surface area is 114 Å². The summed E-state index contributed by atoms with van der Waals surface area (Å²) in [6, 6.07) is 8.44. The molecular formula is C15H21NO3. The molecule has 1 aromatic carbocycles. The largest absolute Gasteiger partial charge is 0.497 e. The Morgan fingerprint density at radius 2 is 2.16 bits per heavy atom. The van der Waals surface area contributed by atoms with Crippen LogP contribution in [0.4, 0.5) is 0 Å². The molecule has 4 heteroatoms. The van der Waals surface area contributed by atoms with Crippen LogP contribution in [0.2, 0.25) is 0 Å². The third-order valence-electron chi connectivity index (χ3n) is 3.88. The van der Waals surface area contributed by atoms with Gasteiger partial charge in [0.05, 0.1) is 13.0 Å². The van der Waals surface area contributed by atoms with Crippen molar-refractivity contribution in [2.45, 2.75) is 25.8 Å². The average Bonchev–Trinajstić information content (AvgIpc) is 2.89. The van der Waals surface area contributed by atoms with E-state index in [4.69, 9.17) is 9.84 Å². The standard InChI is InChI=1S/C15H21NO3/c1-11(16-8-7-13(10-16)15(17)18)9-12-3-5-14(19-2)6-4-12/h3-6,11,13H,7-10H2,1-2H3,(H,17,18). The molecule has 1 saturated heterocycles. The molecule has 0 saturated carbocycles. The minimum atomic E-state index is -0.667. The second-order valence-electron chi connectivity index (χ2n) is 5.22. The van der Waals surface area contributed by atoms with Crippen LogP contribution < -0.4 is 4.74 Å². The van der Waals surface area contributed by atoms with Crippen LogP contribution in [-0.2, 0) is 11.2 Å². The highest BCUT2D eigenvalue weighted by atomic mass is 16.5. The van der Waals surface area contributed by atoms with E-state index in [1.54, 1.807) is 7.11 Å². The molecule has 1 aliphatic rings. The summed E-state index contributed by atoms with van der Waals surface area (Å²) in [5, 5.41) is 9.02. The molecule has 1 N–H and O–H groups in total. The van der Waals surface area contributed by atoms with Crippen LogP contribution in [0.1, 0.15) is 18.9 Å². The van der Waals surface area contributed by atoms with Gasteiger partial charge in [-0.25, -0.2) is 0 Å². The van der Waals surface area contributed by atoms with E-state index in [2.05, 4.69) is 24.0 Å². The summed E-state index contributed by atoms with van der Waals surface area (Å²) in [6.45, 7) is 3.72. The molecule has 19 heavy (non-hydrogen) atoms. The highest BCUT2D eigenvalue weighted by Crippen LogP contribution is 2.21. The van der Waals surface area contributed by atoms with Gasteiger partial charge in [-0.1, -0.05) is 12.1 Å². The van der Waals surface area contributed by atoms with Gasteiger partial charge in [-0.3, -0.25) is 9.69 Å². The molecule has 2 rings (SSSR count). The highest BCUT2D eigenvalue weighted by Gasteiger charge is 2.30. The summed E-state index contributed by atoms with van der Waals surface area (Å²) in [5.41, 5.74) is 1.26. The average molecular weight is 263 g/mol. The first kappa shape index (κ1) is 13.9. The molecule has 0 spiro atoms. The summed E-state index contributed by atoms with van der Waals surface area (Å²) in [6.07, 6.45) is 1.71. The Morgan fingerprint density at radius 3 is 2.68 bits per heavy atom. The van der Waals surface area contributed by atoms with Gasteiger partial charge in [0, 0.05) is 12.6 Å². The molecule has 104 valence electrons. The Bertz CT molecular complexity index is 430. The number of hydrogen-bond acceptors (Lipinski definition) is 3. The monoisotopic (exact) mass is 263 g/mol. The van der Waals surface area contributed by atoms with Crippen molar-refractivity contribution in [2.75, 3.05) is 20.2 Å². The van der Waals surface area contributed by atoms with Crippen LogP contribution in [0.3, 0.4) is 0 Å². The van der Waals surface area contributed by atoms with Crippen molar-refractivity contribution in [3.63, 3.8) is 0 Å². The van der Waals surface area contributed by atoms with Gasteiger partial charge in [-0.2, -0.15) is 0 Å². The van der Waals surface area contributed by atoms with E-state index in [9.17, 15) is 4.79 Å². The summed E-state index contributed by atoms with van der Waals surface area (Å²) in [7, 11) is 1.66. The topological polar surface area (TPSA) is 49.8 Å². The van der Waals surface area contributed by atoms with Gasteiger partial charge in [0.1, 0.15) is 5.75 Å². The van der Waals surface area contributed by atoms with Crippen molar-refractivity contribution in [3.8, 4) is 5.75 Å². The summed E-state index contributed by atoms with van der Waals surface area (Å²) in [4.78, 5) is 13.2. The maximum absolute atomic E-state index is 11.0. The lowest BCUT2D eigenvalue weighted by molar-refractivity contribution is -0.141. The Kier molecular flexibility index (Phi) is 4.43. The van der Waals surface area contributed by atoms with E-state index in [-0.39, 0.29) is 5.92 Å². The molecule has 2 unspecified atom stereocenters. The number of carbonyl (C=O) groups is 1. The number of methoxy groups -OCH3 is 1. The second-order valence-corrected chi connectivity index (χ2v) is 5.22. The van der Waals surface area contributed by atoms with Crippen LogP contribution in [0.25, 0.3) is 0 Å². The van der Waals surface area contributed by atoms with E-state index in [0.717, 1.165) is 25.1 Å². The number of hydrogen-bond donors (Lipinski definition) is 1. The summed E-state index contributed by atoms with van der Waals surface area (Å²) >= 11 is 0. The molecule has 0 radical (unpaired) electrons. The Hall–Kier alpha value is -1.55. The van der Waals surface area contributed by atoms with Gasteiger partial charge in [-0.15, -0.1) is 0 Å². The quantitative estimate of drug-likeness (QED) is 0.883. The number of likely N-dealkylation sites (tertiary alicyclic amines) is 1. The molecule has 0 aliphatic carbocycles. The number of ether oxygens (including phenoxy) is 1. The summed E-state index contributed by atoms with van der Waals surface area (Å²) in [5.74, 6) is 0.000909. The van der Waals surface area contributed by atoms with Gasteiger partial charge in [-0.05, 0) is 44.0 Å². The predicted molar refractivity (Wildman–Crippen MR) is 73.5 cm³/mol. The number of benzene rings is 1. The van der Waals surface area contributed by atoms with Gasteiger partial charge in [0.15, 0.2) is 0 Å². The van der Waals surface area contributed by atoms with E-state index in [1.807, 2.05) is 12.1 Å². The lowest BCUT2D eigenvalue weighted by Crippen LogP contribution is -2.33. The number of nitrogens with zero attached hydrogens (tertiary/aromatic N) is 1. The van der Waals surface area contributed by atoms with E-state index in [1.165, 1.54) is 5.56 Å². The number of rotatable bonds is 5. The van der Waals surface area contributed by atoms with Gasteiger partial charge in [0.2, 0.25) is 0 Å². The Morgan fingerprint density at radius 1 is 1.47 bits per heavy atom. The minimum Gasteiger partial charge on any atom is -0.497 e. The molecule has 1 aliphatic heterocycles. The smallest absolute Gasteiger partial charge is 0.307 e. The van der Waals surface area contributed by atoms with Crippen molar-refractivity contribution in [2.24, 2.45) is 5.92 Å². The molecule has 0 bridgehead atoms. The third-order valence-corrected chi connectivity index (χ3v) is 3.88. The molecule has 1 fully saturated rings. The lowest BCUT2D eigenvalue weighted by Gasteiger charge is -2.24. The first-order valence-electron chi connectivity index (χ1n) is 6.70. The van der Waals surface area contributed by atoms with Gasteiger partial charge >= 0.3 is 5.97 Å². The van der Waals surface area contributed by atoms with Crippen molar-refractivity contribution in [1.29, 1.82) is 0 Å². The first-order valence-corrected chi connectivity index (χ1v) is 6.70. The fourth-order valence-corrected chi connectivity index (χ4v) is 2.62. The molecule has 1 aromatic rings. The SMILES string of the molecule is COc1ccc(CC(C)N2CCC(C(=O)O)C2)cc1. The van der Waals surface area contributed by atoms with Crippen molar-refractivity contribution < 1.29 is 14.6 Å². The van der Waals surface area contributed by atoms with Crippen LogP contribution >= 0.6 is 0 Å². The number of aliphatic carboxylic acids is 1. The maximum Gasteiger partial charge on any atom is 0.307 e. The molecule has 0 amide bonds. The van der Waals surface area contributed by atoms with Gasteiger partial charge in [0.25, 0.3) is 0 Å². The van der Waals surface area contributed by atoms with E-state index in [0.29, 0.717) is 12.6 Å². The van der Waals surface area contributed by atoms with Crippen LogP contribution in [-0.4, -0.2) is 42.2 Å². The zero-order valence-corrected chi connectivity index (χ0v) is 11.5. The maximum atomic E-state index is 11.0. The molecule has 2 atom stereocenters. The number of carboxylic acid groups (broad SMARTS) is 1. The van der Waals surface area contributed by atoms with Crippen molar-refractivity contribution in [1.82, 2.24) is 4.90 Å². The zero-order valence-electron chi connectivity index (χ0n) is 11.5. The van der Waals surface area contributed by atoms with Crippen LogP contribution in [0, 0.1) is 5.92 Å². The van der Waals surface area contributed by atoms with Crippen molar-refractivity contribution in [3.05, 3.63) is 29.8 Å². The van der Waals surface area contributed by atoms with Crippen LogP contribution in [0.15, 0.2) is 24.3 Å². The predicted octanol–water partition coefficient (Wildman–Crippen LogP) is 2.03. The first-order chi connectivity index (χ1) is 9.10. The molecule has 1 heterocycles.